The smallest absolute Gasteiger partial charge is 0.0849 e. The first kappa shape index (κ1) is 16.8. The van der Waals surface area contributed by atoms with E-state index >= 15 is 0 Å². The predicted octanol–water partition coefficient (Wildman–Crippen LogP) is 3.97. The fraction of sp³-hybridized carbons (Fsp3) is 0.824. The van der Waals surface area contributed by atoms with Crippen molar-refractivity contribution >= 4 is 11.6 Å². The second-order valence-electron chi connectivity index (χ2n) is 7.15. The average molecular weight is 312 g/mol. The molecule has 1 aliphatic rings. The molecule has 1 heterocycles. The van der Waals surface area contributed by atoms with Crippen LogP contribution in [0.3, 0.4) is 0 Å². The quantitative estimate of drug-likeness (QED) is 0.894. The topological polar surface area (TPSA) is 43.8 Å². The SMILES string of the molecule is CCc1nn(C)c(CC2(CN)CCC(C(C)C)CC2)c1Cl. The minimum absolute atomic E-state index is 0.216. The zero-order chi connectivity index (χ0) is 15.6. The Kier molecular flexibility index (Phi) is 5.37. The van der Waals surface area contributed by atoms with Gasteiger partial charge < -0.3 is 5.73 Å². The Bertz CT molecular complexity index is 471. The lowest BCUT2D eigenvalue weighted by atomic mass is 9.66. The van der Waals surface area contributed by atoms with E-state index in [2.05, 4.69) is 25.9 Å². The van der Waals surface area contributed by atoms with Gasteiger partial charge in [-0.1, -0.05) is 32.4 Å². The molecule has 2 N–H and O–H groups in total. The lowest BCUT2D eigenvalue weighted by Gasteiger charge is -2.41. The van der Waals surface area contributed by atoms with E-state index in [0.717, 1.165) is 41.9 Å². The molecule has 0 radical (unpaired) electrons. The molecule has 1 aromatic rings. The van der Waals surface area contributed by atoms with Crippen LogP contribution in [0, 0.1) is 17.3 Å². The van der Waals surface area contributed by atoms with Crippen molar-refractivity contribution in [2.45, 2.75) is 59.3 Å². The first-order valence-corrected chi connectivity index (χ1v) is 8.70. The van der Waals surface area contributed by atoms with Crippen molar-refractivity contribution in [1.82, 2.24) is 9.78 Å². The summed E-state index contributed by atoms with van der Waals surface area (Å²) in [6.45, 7) is 7.53. The average Bonchev–Trinajstić information content (AvgIpc) is 2.75. The minimum atomic E-state index is 0.216. The number of hydrogen-bond donors (Lipinski definition) is 1. The first-order valence-electron chi connectivity index (χ1n) is 8.32. The number of rotatable bonds is 5. The third-order valence-corrected chi connectivity index (χ3v) is 5.95. The molecule has 120 valence electrons. The van der Waals surface area contributed by atoms with Crippen LogP contribution in [0.4, 0.5) is 0 Å². The zero-order valence-electron chi connectivity index (χ0n) is 14.0. The van der Waals surface area contributed by atoms with Gasteiger partial charge in [-0.3, -0.25) is 4.68 Å². The van der Waals surface area contributed by atoms with Gasteiger partial charge >= 0.3 is 0 Å². The van der Waals surface area contributed by atoms with Crippen molar-refractivity contribution in [3.63, 3.8) is 0 Å². The number of aryl methyl sites for hydroxylation is 2. The Morgan fingerprint density at radius 2 is 2.00 bits per heavy atom. The van der Waals surface area contributed by atoms with E-state index in [1.54, 1.807) is 0 Å². The summed E-state index contributed by atoms with van der Waals surface area (Å²) in [6, 6.07) is 0. The highest BCUT2D eigenvalue weighted by molar-refractivity contribution is 6.31. The predicted molar refractivity (Wildman–Crippen MR) is 89.6 cm³/mol. The van der Waals surface area contributed by atoms with Crippen LogP contribution in [0.1, 0.15) is 57.8 Å². The molecule has 1 saturated carbocycles. The molecule has 1 fully saturated rings. The Morgan fingerprint density at radius 3 is 2.43 bits per heavy atom. The van der Waals surface area contributed by atoms with Crippen molar-refractivity contribution in [3.05, 3.63) is 16.4 Å². The zero-order valence-corrected chi connectivity index (χ0v) is 14.7. The molecule has 4 heteroatoms. The van der Waals surface area contributed by atoms with Crippen LogP contribution in [0.25, 0.3) is 0 Å². The maximum absolute atomic E-state index is 6.52. The molecule has 0 aromatic carbocycles. The summed E-state index contributed by atoms with van der Waals surface area (Å²) in [6.07, 6.45) is 6.88. The Balaban J connectivity index is 2.15. The van der Waals surface area contributed by atoms with Gasteiger partial charge in [0.05, 0.1) is 16.4 Å². The van der Waals surface area contributed by atoms with E-state index in [4.69, 9.17) is 17.3 Å². The fourth-order valence-electron chi connectivity index (χ4n) is 3.74. The normalized spacial score (nSPS) is 26.5. The van der Waals surface area contributed by atoms with Crippen LogP contribution < -0.4 is 5.73 Å². The second kappa shape index (κ2) is 6.70. The number of nitrogens with zero attached hydrogens (tertiary/aromatic N) is 2. The van der Waals surface area contributed by atoms with Crippen LogP contribution >= 0.6 is 11.6 Å². The largest absolute Gasteiger partial charge is 0.330 e. The summed E-state index contributed by atoms with van der Waals surface area (Å²) in [5, 5.41) is 5.41. The molecule has 0 saturated heterocycles. The highest BCUT2D eigenvalue weighted by atomic mass is 35.5. The summed E-state index contributed by atoms with van der Waals surface area (Å²) in [4.78, 5) is 0. The molecule has 3 nitrogen and oxygen atoms in total. The van der Waals surface area contributed by atoms with E-state index < -0.39 is 0 Å². The van der Waals surface area contributed by atoms with E-state index in [-0.39, 0.29) is 5.41 Å². The molecular weight excluding hydrogens is 282 g/mol. The van der Waals surface area contributed by atoms with Crippen LogP contribution in [0.2, 0.25) is 5.02 Å². The molecule has 0 atom stereocenters. The Hall–Kier alpha value is -0.540. The van der Waals surface area contributed by atoms with E-state index in [9.17, 15) is 0 Å². The van der Waals surface area contributed by atoms with Gasteiger partial charge in [-0.2, -0.15) is 5.10 Å². The monoisotopic (exact) mass is 311 g/mol. The minimum Gasteiger partial charge on any atom is -0.330 e. The lowest BCUT2D eigenvalue weighted by Crippen LogP contribution is -2.38. The van der Waals surface area contributed by atoms with E-state index in [1.807, 2.05) is 11.7 Å². The number of aromatic nitrogens is 2. The van der Waals surface area contributed by atoms with Crippen LogP contribution in [-0.2, 0) is 19.9 Å². The molecule has 0 bridgehead atoms. The molecule has 0 spiro atoms. The molecule has 1 aliphatic carbocycles. The standard InChI is InChI=1S/C17H30ClN3/c1-5-14-16(18)15(21(4)20-14)10-17(11-19)8-6-13(7-9-17)12(2)3/h12-13H,5-11,19H2,1-4H3. The third kappa shape index (κ3) is 3.45. The summed E-state index contributed by atoms with van der Waals surface area (Å²) < 4.78 is 1.97. The van der Waals surface area contributed by atoms with Crippen molar-refractivity contribution in [2.75, 3.05) is 6.54 Å². The van der Waals surface area contributed by atoms with E-state index in [0.29, 0.717) is 0 Å². The van der Waals surface area contributed by atoms with Crippen molar-refractivity contribution in [1.29, 1.82) is 0 Å². The van der Waals surface area contributed by atoms with Crippen molar-refractivity contribution in [2.24, 2.45) is 30.0 Å². The van der Waals surface area contributed by atoms with Crippen LogP contribution in [0.15, 0.2) is 0 Å². The molecule has 21 heavy (non-hydrogen) atoms. The molecule has 1 aromatic heterocycles. The van der Waals surface area contributed by atoms with Gasteiger partial charge in [0, 0.05) is 7.05 Å². The maximum Gasteiger partial charge on any atom is 0.0849 e. The second-order valence-corrected chi connectivity index (χ2v) is 7.52. The van der Waals surface area contributed by atoms with Gasteiger partial charge in [0.2, 0.25) is 0 Å². The first-order chi connectivity index (χ1) is 9.92. The number of halogens is 1. The van der Waals surface area contributed by atoms with Gasteiger partial charge in [-0.05, 0) is 62.3 Å². The van der Waals surface area contributed by atoms with Gasteiger partial charge in [-0.15, -0.1) is 0 Å². The Morgan fingerprint density at radius 1 is 1.38 bits per heavy atom. The molecule has 0 unspecified atom stereocenters. The molecule has 0 amide bonds. The maximum atomic E-state index is 6.52. The third-order valence-electron chi connectivity index (χ3n) is 5.51. The fourth-order valence-corrected chi connectivity index (χ4v) is 4.10. The number of nitrogens with two attached hydrogens (primary N) is 1. The Labute approximate surface area is 134 Å². The lowest BCUT2D eigenvalue weighted by molar-refractivity contribution is 0.130. The number of hydrogen-bond acceptors (Lipinski definition) is 2. The highest BCUT2D eigenvalue weighted by Gasteiger charge is 2.36. The van der Waals surface area contributed by atoms with Gasteiger partial charge in [0.1, 0.15) is 0 Å². The molecular formula is C17H30ClN3. The highest BCUT2D eigenvalue weighted by Crippen LogP contribution is 2.43. The molecule has 0 aliphatic heterocycles. The molecule has 2 rings (SSSR count). The van der Waals surface area contributed by atoms with Gasteiger partial charge in [-0.25, -0.2) is 0 Å². The van der Waals surface area contributed by atoms with E-state index in [1.165, 1.54) is 31.4 Å². The summed E-state index contributed by atoms with van der Waals surface area (Å²) in [5.41, 5.74) is 8.57. The van der Waals surface area contributed by atoms with Crippen LogP contribution in [-0.4, -0.2) is 16.3 Å². The summed E-state index contributed by atoms with van der Waals surface area (Å²) in [7, 11) is 2.00. The van der Waals surface area contributed by atoms with Crippen molar-refractivity contribution < 1.29 is 0 Å². The van der Waals surface area contributed by atoms with Crippen LogP contribution in [0.5, 0.6) is 0 Å². The van der Waals surface area contributed by atoms with Crippen molar-refractivity contribution in [3.8, 4) is 0 Å². The summed E-state index contributed by atoms with van der Waals surface area (Å²) >= 11 is 6.52. The van der Waals surface area contributed by atoms with Gasteiger partial charge in [0.25, 0.3) is 0 Å². The van der Waals surface area contributed by atoms with Gasteiger partial charge in [0.15, 0.2) is 0 Å². The summed E-state index contributed by atoms with van der Waals surface area (Å²) in [5.74, 6) is 1.64.